The average molecular weight is 451 g/mol. The van der Waals surface area contributed by atoms with E-state index in [1.54, 1.807) is 26.4 Å². The second-order valence-electron chi connectivity index (χ2n) is 6.87. The van der Waals surface area contributed by atoms with Gasteiger partial charge in [0, 0.05) is 41.0 Å². The molecule has 164 valence electrons. The van der Waals surface area contributed by atoms with Gasteiger partial charge in [0.15, 0.2) is 11.0 Å². The van der Waals surface area contributed by atoms with Gasteiger partial charge in [0.2, 0.25) is 5.91 Å². The Morgan fingerprint density at radius 2 is 1.81 bits per heavy atom. The predicted octanol–water partition coefficient (Wildman–Crippen LogP) is 4.15. The number of benzene rings is 2. The van der Waals surface area contributed by atoms with E-state index in [1.165, 1.54) is 11.8 Å². The maximum atomic E-state index is 12.3. The first-order chi connectivity index (χ1) is 15.5. The maximum absolute atomic E-state index is 12.3. The number of H-pyrrole nitrogens is 1. The Morgan fingerprint density at radius 3 is 2.50 bits per heavy atom. The van der Waals surface area contributed by atoms with E-state index < -0.39 is 0 Å². The fraction of sp³-hybridized carbons (Fsp3) is 0.182. The van der Waals surface area contributed by atoms with Crippen LogP contribution in [0.3, 0.4) is 0 Å². The number of carbonyl (C=O) groups excluding carboxylic acids is 1. The summed E-state index contributed by atoms with van der Waals surface area (Å²) in [7, 11) is 3.20. The summed E-state index contributed by atoms with van der Waals surface area (Å²) >= 11 is 1.25. The van der Waals surface area contributed by atoms with Gasteiger partial charge in [-0.05, 0) is 19.1 Å². The summed E-state index contributed by atoms with van der Waals surface area (Å²) < 4.78 is 10.7. The molecule has 0 radical (unpaired) electrons. The second-order valence-corrected chi connectivity index (χ2v) is 7.81. The number of anilines is 3. The van der Waals surface area contributed by atoms with Crippen molar-refractivity contribution in [2.24, 2.45) is 0 Å². The molecular formula is C22H22N6O3S. The molecule has 2 aromatic carbocycles. The zero-order valence-corrected chi connectivity index (χ0v) is 18.6. The minimum Gasteiger partial charge on any atom is -0.497 e. The van der Waals surface area contributed by atoms with Crippen molar-refractivity contribution < 1.29 is 14.3 Å². The number of aromatic nitrogens is 4. The molecule has 0 unspecified atom stereocenters. The molecule has 4 aromatic rings. The summed E-state index contributed by atoms with van der Waals surface area (Å²) in [5.74, 6) is 2.38. The molecule has 0 saturated carbocycles. The SMILES string of the molecule is COc1cc(Nc2nc(SCC(=O)Nc3cc(C)[nH]n3)nc3ccccc23)cc(OC)c1. The monoisotopic (exact) mass is 450 g/mol. The fourth-order valence-electron chi connectivity index (χ4n) is 3.02. The van der Waals surface area contributed by atoms with Crippen LogP contribution in [0.25, 0.3) is 10.9 Å². The van der Waals surface area contributed by atoms with Crippen LogP contribution in [-0.4, -0.2) is 46.0 Å². The van der Waals surface area contributed by atoms with Gasteiger partial charge in [-0.1, -0.05) is 23.9 Å². The maximum Gasteiger partial charge on any atom is 0.236 e. The van der Waals surface area contributed by atoms with Crippen LogP contribution in [0, 0.1) is 6.92 Å². The number of para-hydroxylation sites is 1. The third kappa shape index (κ3) is 5.09. The Hall–Kier alpha value is -3.79. The van der Waals surface area contributed by atoms with E-state index in [-0.39, 0.29) is 11.7 Å². The lowest BCUT2D eigenvalue weighted by atomic mass is 10.2. The van der Waals surface area contributed by atoms with Gasteiger partial charge in [-0.2, -0.15) is 5.10 Å². The highest BCUT2D eigenvalue weighted by Crippen LogP contribution is 2.31. The van der Waals surface area contributed by atoms with E-state index in [0.29, 0.717) is 28.3 Å². The van der Waals surface area contributed by atoms with Crippen LogP contribution < -0.4 is 20.1 Å². The second kappa shape index (κ2) is 9.56. The normalized spacial score (nSPS) is 10.7. The molecule has 0 saturated heterocycles. The number of rotatable bonds is 8. The first-order valence-electron chi connectivity index (χ1n) is 9.75. The van der Waals surface area contributed by atoms with E-state index in [1.807, 2.05) is 43.3 Å². The van der Waals surface area contributed by atoms with Gasteiger partial charge in [-0.25, -0.2) is 9.97 Å². The molecule has 2 heterocycles. The molecule has 10 heteroatoms. The molecule has 9 nitrogen and oxygen atoms in total. The predicted molar refractivity (Wildman–Crippen MR) is 125 cm³/mol. The van der Waals surface area contributed by atoms with Gasteiger partial charge >= 0.3 is 0 Å². The standard InChI is InChI=1S/C22H22N6O3S/c1-13-8-19(28-27-13)25-20(29)12-32-22-24-18-7-5-4-6-17(18)21(26-22)23-14-9-15(30-2)11-16(10-14)31-3/h4-11H,12H2,1-3H3,(H,23,24,26)(H2,25,27,28,29). The first kappa shape index (κ1) is 21.4. The van der Waals surface area contributed by atoms with Crippen molar-refractivity contribution in [3.63, 3.8) is 0 Å². The van der Waals surface area contributed by atoms with Crippen molar-refractivity contribution in [3.05, 3.63) is 54.2 Å². The topological polar surface area (TPSA) is 114 Å². The number of nitrogens with zero attached hydrogens (tertiary/aromatic N) is 3. The average Bonchev–Trinajstić information content (AvgIpc) is 3.21. The number of nitrogens with one attached hydrogen (secondary N) is 3. The van der Waals surface area contributed by atoms with Gasteiger partial charge in [-0.15, -0.1) is 0 Å². The first-order valence-corrected chi connectivity index (χ1v) is 10.7. The van der Waals surface area contributed by atoms with Gasteiger partial charge in [0.1, 0.15) is 17.3 Å². The van der Waals surface area contributed by atoms with Crippen LogP contribution in [0.1, 0.15) is 5.69 Å². The number of aromatic amines is 1. The number of ether oxygens (including phenoxy) is 2. The highest BCUT2D eigenvalue weighted by atomic mass is 32.2. The van der Waals surface area contributed by atoms with Crippen molar-refractivity contribution in [2.45, 2.75) is 12.1 Å². The number of carbonyl (C=O) groups is 1. The minimum atomic E-state index is -0.190. The van der Waals surface area contributed by atoms with Crippen LogP contribution in [0.2, 0.25) is 0 Å². The van der Waals surface area contributed by atoms with Crippen LogP contribution in [0.4, 0.5) is 17.3 Å². The van der Waals surface area contributed by atoms with E-state index in [0.717, 1.165) is 22.3 Å². The number of fused-ring (bicyclic) bond motifs is 1. The highest BCUT2D eigenvalue weighted by molar-refractivity contribution is 7.99. The largest absolute Gasteiger partial charge is 0.497 e. The summed E-state index contributed by atoms with van der Waals surface area (Å²) in [5.41, 5.74) is 2.40. The van der Waals surface area contributed by atoms with Crippen LogP contribution in [-0.2, 0) is 4.79 Å². The molecule has 4 rings (SSSR count). The van der Waals surface area contributed by atoms with Gasteiger partial charge < -0.3 is 20.1 Å². The van der Waals surface area contributed by atoms with E-state index in [9.17, 15) is 4.79 Å². The Morgan fingerprint density at radius 1 is 1.06 bits per heavy atom. The summed E-state index contributed by atoms with van der Waals surface area (Å²) in [6.07, 6.45) is 0. The molecule has 0 spiro atoms. The third-order valence-corrected chi connectivity index (χ3v) is 5.35. The number of hydrogen-bond acceptors (Lipinski definition) is 8. The van der Waals surface area contributed by atoms with Crippen molar-refractivity contribution in [3.8, 4) is 11.5 Å². The van der Waals surface area contributed by atoms with E-state index in [4.69, 9.17) is 9.47 Å². The van der Waals surface area contributed by atoms with Crippen molar-refractivity contribution >= 4 is 45.9 Å². The van der Waals surface area contributed by atoms with Crippen molar-refractivity contribution in [2.75, 3.05) is 30.6 Å². The van der Waals surface area contributed by atoms with Crippen molar-refractivity contribution in [1.82, 2.24) is 20.2 Å². The number of amides is 1. The molecule has 32 heavy (non-hydrogen) atoms. The van der Waals surface area contributed by atoms with Crippen molar-refractivity contribution in [1.29, 1.82) is 0 Å². The Labute approximate surface area is 188 Å². The summed E-state index contributed by atoms with van der Waals surface area (Å²) in [6, 6.07) is 15.0. The highest BCUT2D eigenvalue weighted by Gasteiger charge is 2.12. The van der Waals surface area contributed by atoms with Crippen LogP contribution in [0.15, 0.2) is 53.7 Å². The molecule has 0 fully saturated rings. The Balaban J connectivity index is 1.57. The third-order valence-electron chi connectivity index (χ3n) is 4.50. The molecule has 1 amide bonds. The Bertz CT molecular complexity index is 1240. The summed E-state index contributed by atoms with van der Waals surface area (Å²) in [5, 5.41) is 14.2. The number of hydrogen-bond donors (Lipinski definition) is 3. The quantitative estimate of drug-likeness (QED) is 0.271. The number of methoxy groups -OCH3 is 2. The van der Waals surface area contributed by atoms with Gasteiger partial charge in [0.25, 0.3) is 0 Å². The molecule has 0 aliphatic heterocycles. The van der Waals surface area contributed by atoms with Gasteiger partial charge in [-0.3, -0.25) is 9.89 Å². The lowest BCUT2D eigenvalue weighted by Crippen LogP contribution is -2.14. The van der Waals surface area contributed by atoms with E-state index >= 15 is 0 Å². The molecule has 0 aliphatic carbocycles. The summed E-state index contributed by atoms with van der Waals surface area (Å²) in [4.78, 5) is 21.5. The molecule has 0 aliphatic rings. The molecule has 0 bridgehead atoms. The molecule has 2 aromatic heterocycles. The fourth-order valence-corrected chi connectivity index (χ4v) is 3.67. The zero-order valence-electron chi connectivity index (χ0n) is 17.8. The van der Waals surface area contributed by atoms with E-state index in [2.05, 4.69) is 30.8 Å². The lowest BCUT2D eigenvalue weighted by Gasteiger charge is -2.13. The smallest absolute Gasteiger partial charge is 0.236 e. The molecule has 3 N–H and O–H groups in total. The Kier molecular flexibility index (Phi) is 6.41. The van der Waals surface area contributed by atoms with Crippen LogP contribution >= 0.6 is 11.8 Å². The number of aryl methyl sites for hydroxylation is 1. The molecule has 0 atom stereocenters. The minimum absolute atomic E-state index is 0.149. The lowest BCUT2D eigenvalue weighted by molar-refractivity contribution is -0.113. The van der Waals surface area contributed by atoms with Gasteiger partial charge in [0.05, 0.1) is 25.5 Å². The van der Waals surface area contributed by atoms with Crippen LogP contribution in [0.5, 0.6) is 11.5 Å². The molecular weight excluding hydrogens is 428 g/mol. The number of thioether (sulfide) groups is 1. The zero-order chi connectivity index (χ0) is 22.5. The summed E-state index contributed by atoms with van der Waals surface area (Å²) in [6.45, 7) is 1.87.